The number of imidazole rings is 1. The lowest BCUT2D eigenvalue weighted by Crippen LogP contribution is -2.23. The topological polar surface area (TPSA) is 89.6 Å². The summed E-state index contributed by atoms with van der Waals surface area (Å²) in [5.41, 5.74) is 8.89. The highest BCUT2D eigenvalue weighted by atomic mass is 16.3. The molecule has 0 amide bonds. The quantitative estimate of drug-likeness (QED) is 0.402. The van der Waals surface area contributed by atoms with E-state index in [-0.39, 0.29) is 0 Å². The lowest BCUT2D eigenvalue weighted by atomic mass is 9.97. The number of hydrogen-bond donors (Lipinski definition) is 4. The van der Waals surface area contributed by atoms with Gasteiger partial charge in [0.2, 0.25) is 0 Å². The summed E-state index contributed by atoms with van der Waals surface area (Å²) in [7, 11) is 0. The number of aromatic amines is 2. The Kier molecular flexibility index (Phi) is 4.64. The predicted molar refractivity (Wildman–Crippen MR) is 120 cm³/mol. The number of nitrogens with zero attached hydrogens (tertiary/aromatic N) is 2. The maximum Gasteiger partial charge on any atom is 0.159 e. The maximum absolute atomic E-state index is 9.80. The van der Waals surface area contributed by atoms with E-state index >= 15 is 0 Å². The number of hydrogen-bond acceptors (Lipinski definition) is 4. The Balaban J connectivity index is 1.53. The summed E-state index contributed by atoms with van der Waals surface area (Å²) < 4.78 is 0. The normalized spacial score (nSPS) is 14.6. The Morgan fingerprint density at radius 2 is 2.03 bits per heavy atom. The van der Waals surface area contributed by atoms with Gasteiger partial charge in [-0.25, -0.2) is 4.98 Å². The second kappa shape index (κ2) is 7.46. The number of aromatic hydroxyl groups is 1. The molecule has 2 aromatic heterocycles. The molecule has 6 nitrogen and oxygen atoms in total. The van der Waals surface area contributed by atoms with E-state index in [1.54, 1.807) is 6.07 Å². The van der Waals surface area contributed by atoms with Gasteiger partial charge in [0, 0.05) is 11.9 Å². The van der Waals surface area contributed by atoms with E-state index in [0.29, 0.717) is 5.75 Å². The first-order valence-electron chi connectivity index (χ1n) is 10.4. The molecular weight excluding hydrogens is 374 g/mol. The van der Waals surface area contributed by atoms with Gasteiger partial charge in [-0.15, -0.1) is 0 Å². The van der Waals surface area contributed by atoms with Crippen LogP contribution in [0, 0.1) is 0 Å². The molecule has 30 heavy (non-hydrogen) atoms. The van der Waals surface area contributed by atoms with Gasteiger partial charge in [0.25, 0.3) is 0 Å². The lowest BCUT2D eigenvalue weighted by molar-refractivity contribution is 0.474. The van der Waals surface area contributed by atoms with E-state index in [1.807, 2.05) is 18.3 Å². The van der Waals surface area contributed by atoms with Gasteiger partial charge >= 0.3 is 0 Å². The Bertz CT molecular complexity index is 1260. The molecule has 1 aliphatic heterocycles. The molecule has 0 atom stereocenters. The predicted octanol–water partition coefficient (Wildman–Crippen LogP) is 4.65. The van der Waals surface area contributed by atoms with Gasteiger partial charge in [0.1, 0.15) is 11.4 Å². The fraction of sp³-hybridized carbons (Fsp3) is 0.250. The van der Waals surface area contributed by atoms with Crippen LogP contribution in [-0.4, -0.2) is 38.4 Å². The third-order valence-electron chi connectivity index (χ3n) is 5.96. The molecule has 3 heterocycles. The average Bonchev–Trinajstić information content (AvgIpc) is 3.40. The SMILES string of the molecule is CCc1cc(O)ccc1-c1ccc2c(-c3ncc(C4=C(C)CCNC4)[nH]3)n[nH]c2c1. The number of aromatic nitrogens is 4. The Hall–Kier alpha value is -3.38. The summed E-state index contributed by atoms with van der Waals surface area (Å²) in [6.45, 7) is 6.18. The van der Waals surface area contributed by atoms with Crippen LogP contribution in [0.1, 0.15) is 31.5 Å². The number of H-pyrrole nitrogens is 2. The summed E-state index contributed by atoms with van der Waals surface area (Å²) in [6, 6.07) is 11.8. The van der Waals surface area contributed by atoms with Crippen LogP contribution in [0.15, 0.2) is 48.2 Å². The van der Waals surface area contributed by atoms with E-state index < -0.39 is 0 Å². The van der Waals surface area contributed by atoms with E-state index in [2.05, 4.69) is 57.5 Å². The largest absolute Gasteiger partial charge is 0.508 e. The first-order valence-corrected chi connectivity index (χ1v) is 10.4. The van der Waals surface area contributed by atoms with Crippen molar-refractivity contribution in [2.75, 3.05) is 13.1 Å². The van der Waals surface area contributed by atoms with Crippen molar-refractivity contribution in [1.29, 1.82) is 0 Å². The van der Waals surface area contributed by atoms with Crippen LogP contribution in [0.4, 0.5) is 0 Å². The molecule has 0 saturated carbocycles. The first kappa shape index (κ1) is 18.6. The van der Waals surface area contributed by atoms with E-state index in [9.17, 15) is 5.11 Å². The average molecular weight is 399 g/mol. The van der Waals surface area contributed by atoms with Crippen molar-refractivity contribution in [3.8, 4) is 28.4 Å². The lowest BCUT2D eigenvalue weighted by Gasteiger charge is -2.17. The van der Waals surface area contributed by atoms with E-state index in [0.717, 1.165) is 70.7 Å². The van der Waals surface area contributed by atoms with Crippen molar-refractivity contribution in [3.05, 3.63) is 59.4 Å². The molecule has 0 fully saturated rings. The Morgan fingerprint density at radius 1 is 1.13 bits per heavy atom. The highest BCUT2D eigenvalue weighted by Gasteiger charge is 2.17. The standard InChI is InChI=1S/C24H25N5O/c1-3-15-10-17(30)5-7-18(15)16-4-6-19-21(11-16)28-29-23(19)24-26-13-22(27-24)20-12-25-9-8-14(20)2/h4-7,10-11,13,25,30H,3,8-9,12H2,1-2H3,(H,26,27)(H,28,29). The van der Waals surface area contributed by atoms with Crippen LogP contribution in [0.5, 0.6) is 5.75 Å². The van der Waals surface area contributed by atoms with Crippen LogP contribution in [0.25, 0.3) is 39.1 Å². The second-order valence-electron chi connectivity index (χ2n) is 7.86. The van der Waals surface area contributed by atoms with Crippen molar-refractivity contribution in [1.82, 2.24) is 25.5 Å². The van der Waals surface area contributed by atoms with Gasteiger partial charge in [-0.05, 0) is 72.8 Å². The number of nitrogens with one attached hydrogen (secondary N) is 3. The molecule has 0 bridgehead atoms. The molecule has 5 rings (SSSR count). The highest BCUT2D eigenvalue weighted by Crippen LogP contribution is 2.32. The fourth-order valence-corrected chi connectivity index (χ4v) is 4.23. The van der Waals surface area contributed by atoms with Crippen molar-refractivity contribution in [2.24, 2.45) is 0 Å². The third-order valence-corrected chi connectivity index (χ3v) is 5.96. The van der Waals surface area contributed by atoms with Crippen LogP contribution in [-0.2, 0) is 6.42 Å². The van der Waals surface area contributed by atoms with Crippen molar-refractivity contribution in [2.45, 2.75) is 26.7 Å². The number of benzene rings is 2. The number of fused-ring (bicyclic) bond motifs is 1. The van der Waals surface area contributed by atoms with E-state index in [1.165, 1.54) is 11.1 Å². The maximum atomic E-state index is 9.80. The number of rotatable bonds is 4. The molecule has 0 saturated heterocycles. The summed E-state index contributed by atoms with van der Waals surface area (Å²) >= 11 is 0. The van der Waals surface area contributed by atoms with Crippen LogP contribution < -0.4 is 5.32 Å². The molecule has 0 aliphatic carbocycles. The van der Waals surface area contributed by atoms with Gasteiger partial charge in [-0.1, -0.05) is 24.6 Å². The highest BCUT2D eigenvalue weighted by molar-refractivity contribution is 5.94. The molecular formula is C24H25N5O. The van der Waals surface area contributed by atoms with Crippen LogP contribution in [0.2, 0.25) is 0 Å². The Labute approximate surface area is 175 Å². The fourth-order valence-electron chi connectivity index (χ4n) is 4.23. The summed E-state index contributed by atoms with van der Waals surface area (Å²) in [5, 5.41) is 22.0. The van der Waals surface area contributed by atoms with Gasteiger partial charge in [0.15, 0.2) is 5.82 Å². The number of phenolic OH excluding ortho intramolecular Hbond substituents is 1. The molecule has 2 aromatic carbocycles. The molecule has 0 spiro atoms. The minimum atomic E-state index is 0.299. The van der Waals surface area contributed by atoms with Crippen molar-refractivity contribution < 1.29 is 5.11 Å². The summed E-state index contributed by atoms with van der Waals surface area (Å²) in [6.07, 6.45) is 3.82. The van der Waals surface area contributed by atoms with Gasteiger partial charge in [-0.3, -0.25) is 5.10 Å². The van der Waals surface area contributed by atoms with Gasteiger partial charge < -0.3 is 15.4 Å². The molecule has 1 aliphatic rings. The van der Waals surface area contributed by atoms with Crippen LogP contribution in [0.3, 0.4) is 0 Å². The molecule has 6 heteroatoms. The number of aryl methyl sites for hydroxylation is 1. The first-order chi connectivity index (χ1) is 14.6. The zero-order valence-electron chi connectivity index (χ0n) is 17.2. The monoisotopic (exact) mass is 399 g/mol. The zero-order valence-corrected chi connectivity index (χ0v) is 17.2. The summed E-state index contributed by atoms with van der Waals surface area (Å²) in [4.78, 5) is 8.07. The number of phenols is 1. The van der Waals surface area contributed by atoms with E-state index in [4.69, 9.17) is 0 Å². The minimum Gasteiger partial charge on any atom is -0.508 e. The Morgan fingerprint density at radius 3 is 2.87 bits per heavy atom. The third kappa shape index (κ3) is 3.19. The molecule has 0 unspecified atom stereocenters. The van der Waals surface area contributed by atoms with Gasteiger partial charge in [0.05, 0.1) is 17.4 Å². The minimum absolute atomic E-state index is 0.299. The molecule has 152 valence electrons. The summed E-state index contributed by atoms with van der Waals surface area (Å²) in [5.74, 6) is 1.07. The van der Waals surface area contributed by atoms with Crippen molar-refractivity contribution in [3.63, 3.8) is 0 Å². The van der Waals surface area contributed by atoms with Crippen molar-refractivity contribution >= 4 is 16.5 Å². The van der Waals surface area contributed by atoms with Gasteiger partial charge in [-0.2, -0.15) is 5.10 Å². The second-order valence-corrected chi connectivity index (χ2v) is 7.86. The zero-order chi connectivity index (χ0) is 20.7. The molecule has 4 aromatic rings. The van der Waals surface area contributed by atoms with Crippen LogP contribution >= 0.6 is 0 Å². The smallest absolute Gasteiger partial charge is 0.159 e. The molecule has 0 radical (unpaired) electrons. The molecule has 4 N–H and O–H groups in total.